The summed E-state index contributed by atoms with van der Waals surface area (Å²) in [4.78, 5) is 45.7. The molecule has 1 unspecified atom stereocenters. The first-order valence-electron chi connectivity index (χ1n) is 11.9. The van der Waals surface area contributed by atoms with Crippen LogP contribution < -0.4 is 21.8 Å². The van der Waals surface area contributed by atoms with E-state index in [1.807, 2.05) is 12.1 Å². The Morgan fingerprint density at radius 2 is 1.53 bits per heavy atom. The van der Waals surface area contributed by atoms with Crippen molar-refractivity contribution in [2.75, 3.05) is 6.54 Å². The number of carboxylic acid groups (broad SMARTS) is 1. The first-order chi connectivity index (χ1) is 18.3. The van der Waals surface area contributed by atoms with Crippen molar-refractivity contribution >= 4 is 23.6 Å². The molecule has 1 aromatic heterocycles. The third-order valence-corrected chi connectivity index (χ3v) is 5.63. The van der Waals surface area contributed by atoms with Gasteiger partial charge in [-0.25, -0.2) is 4.79 Å². The molecule has 7 N–H and O–H groups in total. The molecule has 3 aromatic rings. The Kier molecular flexibility index (Phi) is 10.5. The number of aryl methyl sites for hydroxylation is 1. The van der Waals surface area contributed by atoms with E-state index >= 15 is 0 Å². The second-order valence-electron chi connectivity index (χ2n) is 8.46. The van der Waals surface area contributed by atoms with Crippen molar-refractivity contribution in [1.29, 1.82) is 5.41 Å². The maximum absolute atomic E-state index is 12.9. The van der Waals surface area contributed by atoms with E-state index in [4.69, 9.17) is 21.1 Å². The zero-order valence-corrected chi connectivity index (χ0v) is 20.6. The highest BCUT2D eigenvalue weighted by atomic mass is 16.6. The number of aromatic nitrogens is 1. The monoisotopic (exact) mass is 518 g/mol. The number of nitrogen functional groups attached to an aromatic ring is 1. The number of hydrogen-bond acceptors (Lipinski definition) is 7. The molecular formula is C27H30N6O5. The van der Waals surface area contributed by atoms with Crippen molar-refractivity contribution in [3.63, 3.8) is 0 Å². The summed E-state index contributed by atoms with van der Waals surface area (Å²) in [6.07, 6.45) is 4.32. The van der Waals surface area contributed by atoms with Gasteiger partial charge in [-0.1, -0.05) is 36.4 Å². The van der Waals surface area contributed by atoms with Gasteiger partial charge < -0.3 is 21.5 Å². The molecule has 198 valence electrons. The van der Waals surface area contributed by atoms with E-state index in [1.165, 1.54) is 12.1 Å². The average Bonchev–Trinajstić information content (AvgIpc) is 2.93. The third-order valence-electron chi connectivity index (χ3n) is 5.63. The minimum atomic E-state index is -1.02. The molecule has 3 rings (SSSR count). The molecule has 0 spiro atoms. The highest BCUT2D eigenvalue weighted by molar-refractivity contribution is 5.94. The fourth-order valence-corrected chi connectivity index (χ4v) is 3.43. The van der Waals surface area contributed by atoms with E-state index < -0.39 is 17.9 Å². The van der Waals surface area contributed by atoms with Gasteiger partial charge in [0.1, 0.15) is 11.9 Å². The Morgan fingerprint density at radius 1 is 0.895 bits per heavy atom. The molecular weight excluding hydrogens is 488 g/mol. The number of hydroxylamine groups is 1. The smallest absolute Gasteiger partial charge is 0.335 e. The molecule has 1 heterocycles. The van der Waals surface area contributed by atoms with E-state index in [9.17, 15) is 14.4 Å². The number of nitrogens with one attached hydrogen (secondary N) is 4. The van der Waals surface area contributed by atoms with Crippen molar-refractivity contribution in [1.82, 2.24) is 21.1 Å². The lowest BCUT2D eigenvalue weighted by molar-refractivity contribution is -0.131. The molecule has 0 aliphatic heterocycles. The topological polar surface area (TPSA) is 180 Å². The summed E-state index contributed by atoms with van der Waals surface area (Å²) in [6, 6.07) is 16.1. The predicted octanol–water partition coefficient (Wildman–Crippen LogP) is 1.52. The van der Waals surface area contributed by atoms with Gasteiger partial charge >= 0.3 is 5.97 Å². The molecule has 0 aliphatic carbocycles. The number of rotatable bonds is 14. The molecule has 38 heavy (non-hydrogen) atoms. The quantitative estimate of drug-likeness (QED) is 0.106. The molecule has 0 fully saturated rings. The molecule has 0 radical (unpaired) electrons. The zero-order chi connectivity index (χ0) is 27.3. The van der Waals surface area contributed by atoms with Crippen LogP contribution in [0.25, 0.3) is 0 Å². The lowest BCUT2D eigenvalue weighted by atomic mass is 10.1. The summed E-state index contributed by atoms with van der Waals surface area (Å²) in [5.41, 5.74) is 11.5. The van der Waals surface area contributed by atoms with Gasteiger partial charge in [0, 0.05) is 24.5 Å². The van der Waals surface area contributed by atoms with Gasteiger partial charge in [-0.2, -0.15) is 5.48 Å². The van der Waals surface area contributed by atoms with E-state index in [1.54, 1.807) is 48.8 Å². The second kappa shape index (κ2) is 14.2. The number of hydrogen-bond donors (Lipinski definition) is 6. The van der Waals surface area contributed by atoms with Crippen LogP contribution in [0.5, 0.6) is 0 Å². The number of pyridine rings is 1. The normalized spacial score (nSPS) is 11.4. The Bertz CT molecular complexity index is 1230. The highest BCUT2D eigenvalue weighted by Gasteiger charge is 2.19. The summed E-state index contributed by atoms with van der Waals surface area (Å²) >= 11 is 0. The number of carbonyl (C=O) groups is 3. The van der Waals surface area contributed by atoms with Gasteiger partial charge in [-0.05, 0) is 53.8 Å². The SMILES string of the molecule is N=C(N)c1ccc(CNC(=O)CNC(=O)C(CCc2ccncc2)NOCc2ccc(C(=O)O)cc2)cc1. The van der Waals surface area contributed by atoms with Crippen molar-refractivity contribution in [2.24, 2.45) is 5.73 Å². The number of nitrogens with zero attached hydrogens (tertiary/aromatic N) is 1. The van der Waals surface area contributed by atoms with Crippen LogP contribution in [0.4, 0.5) is 0 Å². The number of aromatic carboxylic acids is 1. The van der Waals surface area contributed by atoms with Crippen LogP contribution in [-0.4, -0.2) is 46.3 Å². The van der Waals surface area contributed by atoms with Crippen LogP contribution in [-0.2, 0) is 34.0 Å². The summed E-state index contributed by atoms with van der Waals surface area (Å²) in [7, 11) is 0. The average molecular weight is 519 g/mol. The van der Waals surface area contributed by atoms with Gasteiger partial charge in [-0.15, -0.1) is 0 Å². The molecule has 1 atom stereocenters. The molecule has 11 nitrogen and oxygen atoms in total. The van der Waals surface area contributed by atoms with Crippen LogP contribution in [0.1, 0.15) is 39.0 Å². The maximum atomic E-state index is 12.9. The van der Waals surface area contributed by atoms with Crippen LogP contribution in [0.2, 0.25) is 0 Å². The molecule has 0 saturated heterocycles. The summed E-state index contributed by atoms with van der Waals surface area (Å²) < 4.78 is 0. The number of carbonyl (C=O) groups excluding carboxylic acids is 2. The first-order valence-corrected chi connectivity index (χ1v) is 11.9. The van der Waals surface area contributed by atoms with Gasteiger partial charge in [0.25, 0.3) is 0 Å². The number of carboxylic acids is 1. The Balaban J connectivity index is 1.50. The van der Waals surface area contributed by atoms with Crippen molar-refractivity contribution < 1.29 is 24.3 Å². The summed E-state index contributed by atoms with van der Waals surface area (Å²) in [5.74, 6) is -1.81. The summed E-state index contributed by atoms with van der Waals surface area (Å²) in [6.45, 7) is 0.163. The van der Waals surface area contributed by atoms with Gasteiger partial charge in [0.05, 0.1) is 18.7 Å². The van der Waals surface area contributed by atoms with Crippen molar-refractivity contribution in [2.45, 2.75) is 32.0 Å². The Labute approximate surface area is 219 Å². The van der Waals surface area contributed by atoms with E-state index in [0.29, 0.717) is 18.4 Å². The number of amidine groups is 1. The molecule has 0 saturated carbocycles. The number of nitrogens with two attached hydrogens (primary N) is 1. The van der Waals surface area contributed by atoms with Crippen molar-refractivity contribution in [3.8, 4) is 0 Å². The standard InChI is InChI=1S/C27H30N6O5/c28-25(29)21-6-1-19(2-7-21)15-31-24(34)16-32-26(35)23(10-5-18-11-13-30-14-12-18)33-38-17-20-3-8-22(9-4-20)27(36)37/h1-4,6-9,11-14,23,33H,5,10,15-17H2,(H3,28,29)(H,31,34)(H,32,35)(H,36,37). The fraction of sp³-hybridized carbons (Fsp3) is 0.222. The highest BCUT2D eigenvalue weighted by Crippen LogP contribution is 2.08. The van der Waals surface area contributed by atoms with Crippen molar-refractivity contribution in [3.05, 3.63) is 101 Å². The number of benzene rings is 2. The van der Waals surface area contributed by atoms with E-state index in [2.05, 4.69) is 21.1 Å². The van der Waals surface area contributed by atoms with E-state index in [-0.39, 0.29) is 37.0 Å². The van der Waals surface area contributed by atoms with Gasteiger partial charge in [-0.3, -0.25) is 24.8 Å². The minimum absolute atomic E-state index is 0.0320. The van der Waals surface area contributed by atoms with E-state index in [0.717, 1.165) is 16.7 Å². The van der Waals surface area contributed by atoms with Gasteiger partial charge in [0.15, 0.2) is 0 Å². The fourth-order valence-electron chi connectivity index (χ4n) is 3.43. The second-order valence-corrected chi connectivity index (χ2v) is 8.46. The lowest BCUT2D eigenvalue weighted by Crippen LogP contribution is -2.47. The third kappa shape index (κ3) is 9.12. The predicted molar refractivity (Wildman–Crippen MR) is 140 cm³/mol. The Morgan fingerprint density at radius 3 is 2.16 bits per heavy atom. The zero-order valence-electron chi connectivity index (χ0n) is 20.6. The van der Waals surface area contributed by atoms with Crippen LogP contribution in [0.15, 0.2) is 73.1 Å². The Hall–Kier alpha value is -4.61. The van der Waals surface area contributed by atoms with Crippen LogP contribution in [0.3, 0.4) is 0 Å². The van der Waals surface area contributed by atoms with Crippen LogP contribution >= 0.6 is 0 Å². The summed E-state index contributed by atoms with van der Waals surface area (Å²) in [5, 5.41) is 21.8. The molecule has 2 amide bonds. The van der Waals surface area contributed by atoms with Gasteiger partial charge in [0.2, 0.25) is 11.8 Å². The lowest BCUT2D eigenvalue weighted by Gasteiger charge is -2.18. The first kappa shape index (κ1) is 28.0. The molecule has 0 aliphatic rings. The number of amides is 2. The minimum Gasteiger partial charge on any atom is -0.478 e. The molecule has 11 heteroatoms. The maximum Gasteiger partial charge on any atom is 0.335 e. The van der Waals surface area contributed by atoms with Crippen LogP contribution in [0, 0.1) is 5.41 Å². The molecule has 0 bridgehead atoms. The largest absolute Gasteiger partial charge is 0.478 e. The molecule has 2 aromatic carbocycles.